The van der Waals surface area contributed by atoms with Crippen molar-refractivity contribution >= 4 is 11.6 Å². The highest BCUT2D eigenvalue weighted by atomic mass is 16.3. The Morgan fingerprint density at radius 1 is 1.29 bits per heavy atom. The lowest BCUT2D eigenvalue weighted by molar-refractivity contribution is -0.129. The number of hydrogen-bond acceptors (Lipinski definition) is 5. The fraction of sp³-hybridized carbons (Fsp3) is 0.500. The van der Waals surface area contributed by atoms with Gasteiger partial charge in [-0.15, -0.1) is 0 Å². The van der Waals surface area contributed by atoms with Crippen LogP contribution in [0, 0.1) is 22.7 Å². The Labute approximate surface area is 142 Å². The number of nitriles is 2. The molecule has 0 saturated heterocycles. The molecule has 24 heavy (non-hydrogen) atoms. The van der Waals surface area contributed by atoms with Crippen molar-refractivity contribution in [1.29, 1.82) is 10.5 Å². The van der Waals surface area contributed by atoms with Gasteiger partial charge < -0.3 is 14.9 Å². The second-order valence-electron chi connectivity index (χ2n) is 6.24. The van der Waals surface area contributed by atoms with E-state index in [9.17, 15) is 9.90 Å². The molecule has 1 heterocycles. The highest BCUT2D eigenvalue weighted by Gasteiger charge is 2.40. The van der Waals surface area contributed by atoms with E-state index in [1.54, 1.807) is 4.90 Å². The van der Waals surface area contributed by atoms with Crippen molar-refractivity contribution in [2.75, 3.05) is 31.1 Å². The van der Waals surface area contributed by atoms with E-state index in [2.05, 4.69) is 0 Å². The predicted molar refractivity (Wildman–Crippen MR) is 90.0 cm³/mol. The number of benzene rings is 1. The Morgan fingerprint density at radius 2 is 1.92 bits per heavy atom. The lowest BCUT2D eigenvalue weighted by Crippen LogP contribution is -2.52. The van der Waals surface area contributed by atoms with Crippen LogP contribution in [0.15, 0.2) is 24.3 Å². The summed E-state index contributed by atoms with van der Waals surface area (Å²) in [5.41, 5.74) is 1.56. The van der Waals surface area contributed by atoms with Crippen molar-refractivity contribution in [1.82, 2.24) is 4.90 Å². The molecule has 0 spiro atoms. The van der Waals surface area contributed by atoms with Crippen molar-refractivity contribution in [3.8, 4) is 12.1 Å². The van der Waals surface area contributed by atoms with E-state index in [0.717, 1.165) is 11.3 Å². The summed E-state index contributed by atoms with van der Waals surface area (Å²) in [4.78, 5) is 16.2. The van der Waals surface area contributed by atoms with E-state index in [1.807, 2.05) is 48.2 Å². The monoisotopic (exact) mass is 326 g/mol. The minimum Gasteiger partial charge on any atom is -0.394 e. The molecule has 0 saturated carbocycles. The number of nitrogens with zero attached hydrogens (tertiary/aromatic N) is 4. The summed E-state index contributed by atoms with van der Waals surface area (Å²) in [5.74, 6) is -0.128. The van der Waals surface area contributed by atoms with Gasteiger partial charge in [0.25, 0.3) is 0 Å². The molecule has 6 nitrogen and oxygen atoms in total. The zero-order valence-electron chi connectivity index (χ0n) is 13.9. The summed E-state index contributed by atoms with van der Waals surface area (Å²) in [5, 5.41) is 27.4. The van der Waals surface area contributed by atoms with Crippen molar-refractivity contribution in [2.45, 2.75) is 31.7 Å². The number of hydrogen-bond donors (Lipinski definition) is 1. The van der Waals surface area contributed by atoms with E-state index in [0.29, 0.717) is 19.5 Å². The van der Waals surface area contributed by atoms with Crippen molar-refractivity contribution in [3.05, 3.63) is 29.8 Å². The first-order valence-electron chi connectivity index (χ1n) is 8.04. The quantitative estimate of drug-likeness (QED) is 0.819. The number of para-hydroxylation sites is 1. The Morgan fingerprint density at radius 3 is 2.50 bits per heavy atom. The maximum atomic E-state index is 12.7. The van der Waals surface area contributed by atoms with Gasteiger partial charge in [0.2, 0.25) is 5.91 Å². The van der Waals surface area contributed by atoms with Crippen LogP contribution in [0.4, 0.5) is 5.69 Å². The second kappa shape index (κ2) is 7.81. The summed E-state index contributed by atoms with van der Waals surface area (Å²) < 4.78 is 0. The van der Waals surface area contributed by atoms with Crippen LogP contribution < -0.4 is 4.90 Å². The normalized spacial score (nSPS) is 18.6. The van der Waals surface area contributed by atoms with Crippen LogP contribution in [0.5, 0.6) is 0 Å². The van der Waals surface area contributed by atoms with E-state index >= 15 is 0 Å². The van der Waals surface area contributed by atoms with E-state index in [-0.39, 0.29) is 31.9 Å². The van der Waals surface area contributed by atoms with Gasteiger partial charge in [-0.25, -0.2) is 0 Å². The minimum atomic E-state index is -0.518. The number of aliphatic hydroxyl groups is 1. The van der Waals surface area contributed by atoms with Gasteiger partial charge in [-0.05, 0) is 25.0 Å². The fourth-order valence-corrected chi connectivity index (χ4v) is 3.10. The van der Waals surface area contributed by atoms with Crippen LogP contribution in [0.25, 0.3) is 0 Å². The van der Waals surface area contributed by atoms with Crippen molar-refractivity contribution in [2.24, 2.45) is 0 Å². The largest absolute Gasteiger partial charge is 0.394 e. The van der Waals surface area contributed by atoms with Crippen LogP contribution in [-0.4, -0.2) is 47.7 Å². The molecule has 0 fully saturated rings. The van der Waals surface area contributed by atoms with Crippen LogP contribution >= 0.6 is 0 Å². The summed E-state index contributed by atoms with van der Waals surface area (Å²) in [6, 6.07) is 11.9. The molecule has 1 atom stereocenters. The number of rotatable bonds is 7. The molecule has 0 bridgehead atoms. The zero-order chi connectivity index (χ0) is 17.6. The predicted octanol–water partition coefficient (Wildman–Crippen LogP) is 1.46. The third-order valence-corrected chi connectivity index (χ3v) is 4.48. The Bertz CT molecular complexity index is 658. The molecular formula is C18H22N4O2. The van der Waals surface area contributed by atoms with Crippen LogP contribution in [-0.2, 0) is 11.2 Å². The smallest absolute Gasteiger partial charge is 0.242 e. The highest BCUT2D eigenvalue weighted by Crippen LogP contribution is 2.38. The number of fused-ring (bicyclic) bond motifs is 1. The summed E-state index contributed by atoms with van der Waals surface area (Å²) >= 11 is 0. The first kappa shape index (κ1) is 17.8. The van der Waals surface area contributed by atoms with Gasteiger partial charge in [-0.2, -0.15) is 10.5 Å². The van der Waals surface area contributed by atoms with Crippen LogP contribution in [0.3, 0.4) is 0 Å². The van der Waals surface area contributed by atoms with Gasteiger partial charge in [-0.3, -0.25) is 4.79 Å². The van der Waals surface area contributed by atoms with Gasteiger partial charge in [0.15, 0.2) is 0 Å². The SMILES string of the molecule is C[C@@]1(CO)Cc2ccccc2N1CC(=O)N(CCC#N)CCC#N. The maximum Gasteiger partial charge on any atom is 0.242 e. The fourth-order valence-electron chi connectivity index (χ4n) is 3.10. The Hall–Kier alpha value is -2.57. The average Bonchev–Trinajstić information content (AvgIpc) is 2.87. The van der Waals surface area contributed by atoms with Gasteiger partial charge in [0, 0.05) is 18.8 Å². The van der Waals surface area contributed by atoms with Crippen molar-refractivity contribution < 1.29 is 9.90 Å². The van der Waals surface area contributed by atoms with Gasteiger partial charge in [0.05, 0.1) is 43.7 Å². The summed E-state index contributed by atoms with van der Waals surface area (Å²) in [6.07, 6.45) is 1.17. The molecule has 1 N–H and O–H groups in total. The molecule has 1 aliphatic heterocycles. The Balaban J connectivity index is 2.18. The van der Waals surface area contributed by atoms with E-state index in [1.165, 1.54) is 0 Å². The molecule has 0 unspecified atom stereocenters. The zero-order valence-corrected chi connectivity index (χ0v) is 13.9. The average molecular weight is 326 g/mol. The maximum absolute atomic E-state index is 12.7. The van der Waals surface area contributed by atoms with Crippen molar-refractivity contribution in [3.63, 3.8) is 0 Å². The summed E-state index contributed by atoms with van der Waals surface area (Å²) in [7, 11) is 0. The number of carbonyl (C=O) groups is 1. The molecule has 1 aliphatic rings. The third-order valence-electron chi connectivity index (χ3n) is 4.48. The molecule has 1 amide bonds. The molecule has 0 aliphatic carbocycles. The topological polar surface area (TPSA) is 91.4 Å². The lowest BCUT2D eigenvalue weighted by atomic mass is 9.98. The number of carbonyl (C=O) groups excluding carboxylic acids is 1. The lowest BCUT2D eigenvalue weighted by Gasteiger charge is -2.36. The molecule has 2 rings (SSSR count). The minimum absolute atomic E-state index is 0.0502. The van der Waals surface area contributed by atoms with Gasteiger partial charge in [-0.1, -0.05) is 18.2 Å². The second-order valence-corrected chi connectivity index (χ2v) is 6.24. The molecule has 1 aromatic rings. The molecule has 0 aromatic heterocycles. The van der Waals surface area contributed by atoms with Crippen LogP contribution in [0.1, 0.15) is 25.3 Å². The molecular weight excluding hydrogens is 304 g/mol. The third kappa shape index (κ3) is 3.67. The molecule has 6 heteroatoms. The van der Waals surface area contributed by atoms with Gasteiger partial charge in [0.1, 0.15) is 0 Å². The summed E-state index contributed by atoms with van der Waals surface area (Å²) in [6.45, 7) is 2.66. The molecule has 126 valence electrons. The first-order valence-corrected chi connectivity index (χ1v) is 8.04. The van der Waals surface area contributed by atoms with E-state index < -0.39 is 5.54 Å². The number of anilines is 1. The van der Waals surface area contributed by atoms with Gasteiger partial charge >= 0.3 is 0 Å². The number of aliphatic hydroxyl groups excluding tert-OH is 1. The standard InChI is InChI=1S/C18H22N4O2/c1-18(14-23)12-15-6-2-3-7-16(15)22(18)13-17(24)21(10-4-8-19)11-5-9-20/h2-3,6-7,23H,4-5,10-14H2,1H3/t18-/m0/s1. The van der Waals surface area contributed by atoms with Crippen LogP contribution in [0.2, 0.25) is 0 Å². The highest BCUT2D eigenvalue weighted by molar-refractivity contribution is 5.83. The Kier molecular flexibility index (Phi) is 5.78. The van der Waals surface area contributed by atoms with E-state index in [4.69, 9.17) is 10.5 Å². The first-order chi connectivity index (χ1) is 11.6. The molecule has 1 aromatic carbocycles. The number of amides is 1. The molecule has 0 radical (unpaired) electrons.